The summed E-state index contributed by atoms with van der Waals surface area (Å²) in [5, 5.41) is 3.84. The lowest BCUT2D eigenvalue weighted by Crippen LogP contribution is -2.36. The van der Waals surface area contributed by atoms with Crippen LogP contribution in [-0.2, 0) is 0 Å². The van der Waals surface area contributed by atoms with E-state index in [1.165, 1.54) is 44.1 Å². The van der Waals surface area contributed by atoms with Crippen LogP contribution in [0.15, 0.2) is 24.3 Å². The topological polar surface area (TPSA) is 21.3 Å². The number of benzene rings is 1. The van der Waals surface area contributed by atoms with Gasteiger partial charge in [0, 0.05) is 12.1 Å². The monoisotopic (exact) mass is 273 g/mol. The quantitative estimate of drug-likeness (QED) is 0.863. The van der Waals surface area contributed by atoms with Crippen LogP contribution >= 0.6 is 0 Å². The molecule has 2 saturated carbocycles. The number of rotatable bonds is 5. The van der Waals surface area contributed by atoms with Crippen molar-refractivity contribution in [3.8, 4) is 5.75 Å². The van der Waals surface area contributed by atoms with Crippen molar-refractivity contribution in [2.45, 2.75) is 57.5 Å². The molecule has 0 aliphatic heterocycles. The Morgan fingerprint density at radius 3 is 2.45 bits per heavy atom. The first-order valence-corrected chi connectivity index (χ1v) is 8.16. The third kappa shape index (κ3) is 3.35. The van der Waals surface area contributed by atoms with E-state index < -0.39 is 0 Å². The SMILES string of the molecule is COc1ccc(C(C)NC2CCCC(C3CC3)C2)cc1. The van der Waals surface area contributed by atoms with Crippen LogP contribution in [0.2, 0.25) is 0 Å². The lowest BCUT2D eigenvalue weighted by atomic mass is 9.82. The Bertz CT molecular complexity index is 424. The summed E-state index contributed by atoms with van der Waals surface area (Å²) < 4.78 is 5.23. The third-order valence-electron chi connectivity index (χ3n) is 5.10. The molecule has 1 N–H and O–H groups in total. The highest BCUT2D eigenvalue weighted by Gasteiger charge is 2.34. The van der Waals surface area contributed by atoms with Gasteiger partial charge < -0.3 is 10.1 Å². The van der Waals surface area contributed by atoms with Crippen LogP contribution in [0.25, 0.3) is 0 Å². The molecule has 0 bridgehead atoms. The Labute approximate surface area is 122 Å². The molecule has 0 heterocycles. The molecule has 3 unspecified atom stereocenters. The zero-order valence-corrected chi connectivity index (χ0v) is 12.8. The van der Waals surface area contributed by atoms with Crippen LogP contribution in [0.4, 0.5) is 0 Å². The summed E-state index contributed by atoms with van der Waals surface area (Å²) >= 11 is 0. The zero-order valence-electron chi connectivity index (χ0n) is 12.8. The fraction of sp³-hybridized carbons (Fsp3) is 0.667. The molecule has 3 atom stereocenters. The Kier molecular flexibility index (Phi) is 4.30. The van der Waals surface area contributed by atoms with Crippen molar-refractivity contribution < 1.29 is 4.74 Å². The molecular weight excluding hydrogens is 246 g/mol. The summed E-state index contributed by atoms with van der Waals surface area (Å²) in [4.78, 5) is 0. The van der Waals surface area contributed by atoms with E-state index in [4.69, 9.17) is 4.74 Å². The second kappa shape index (κ2) is 6.17. The van der Waals surface area contributed by atoms with Crippen LogP contribution in [0.5, 0.6) is 5.75 Å². The molecule has 20 heavy (non-hydrogen) atoms. The molecule has 1 aromatic carbocycles. The molecule has 3 rings (SSSR count). The van der Waals surface area contributed by atoms with E-state index in [0.29, 0.717) is 12.1 Å². The molecule has 0 saturated heterocycles. The van der Waals surface area contributed by atoms with Gasteiger partial charge in [-0.25, -0.2) is 0 Å². The van der Waals surface area contributed by atoms with E-state index in [0.717, 1.165) is 17.6 Å². The van der Waals surface area contributed by atoms with Crippen molar-refractivity contribution >= 4 is 0 Å². The fourth-order valence-electron chi connectivity index (χ4n) is 3.72. The number of ether oxygens (including phenoxy) is 1. The highest BCUT2D eigenvalue weighted by atomic mass is 16.5. The van der Waals surface area contributed by atoms with Gasteiger partial charge in [-0.15, -0.1) is 0 Å². The van der Waals surface area contributed by atoms with E-state index in [2.05, 4.69) is 36.5 Å². The lowest BCUT2D eigenvalue weighted by Gasteiger charge is -2.32. The predicted octanol–water partition coefficient (Wildman–Crippen LogP) is 4.31. The minimum atomic E-state index is 0.434. The highest BCUT2D eigenvalue weighted by molar-refractivity contribution is 5.28. The number of methoxy groups -OCH3 is 1. The van der Waals surface area contributed by atoms with Crippen LogP contribution in [0.3, 0.4) is 0 Å². The average Bonchev–Trinajstić information content (AvgIpc) is 3.32. The first-order chi connectivity index (χ1) is 9.76. The molecule has 0 aromatic heterocycles. The van der Waals surface area contributed by atoms with Crippen molar-refractivity contribution in [1.82, 2.24) is 5.32 Å². The molecule has 2 nitrogen and oxygen atoms in total. The summed E-state index contributed by atoms with van der Waals surface area (Å²) in [6.07, 6.45) is 8.61. The van der Waals surface area contributed by atoms with Crippen LogP contribution in [0.1, 0.15) is 57.1 Å². The Balaban J connectivity index is 1.55. The van der Waals surface area contributed by atoms with Gasteiger partial charge in [-0.2, -0.15) is 0 Å². The summed E-state index contributed by atoms with van der Waals surface area (Å²) in [7, 11) is 1.72. The van der Waals surface area contributed by atoms with E-state index in [9.17, 15) is 0 Å². The van der Waals surface area contributed by atoms with Gasteiger partial charge in [0.15, 0.2) is 0 Å². The van der Waals surface area contributed by atoms with Crippen molar-refractivity contribution in [2.24, 2.45) is 11.8 Å². The summed E-state index contributed by atoms with van der Waals surface area (Å²) in [5.41, 5.74) is 1.36. The van der Waals surface area contributed by atoms with Crippen molar-refractivity contribution in [3.05, 3.63) is 29.8 Å². The fourth-order valence-corrected chi connectivity index (χ4v) is 3.72. The van der Waals surface area contributed by atoms with E-state index in [1.807, 2.05) is 0 Å². The summed E-state index contributed by atoms with van der Waals surface area (Å²) in [6.45, 7) is 2.28. The molecule has 2 heteroatoms. The Morgan fingerprint density at radius 2 is 1.80 bits per heavy atom. The first kappa shape index (κ1) is 13.9. The first-order valence-electron chi connectivity index (χ1n) is 8.16. The molecule has 2 fully saturated rings. The predicted molar refractivity (Wildman–Crippen MR) is 83.0 cm³/mol. The number of nitrogens with one attached hydrogen (secondary N) is 1. The molecular formula is C18H27NO. The van der Waals surface area contributed by atoms with Gasteiger partial charge in [0.2, 0.25) is 0 Å². The maximum absolute atomic E-state index is 5.23. The van der Waals surface area contributed by atoms with Gasteiger partial charge in [0.05, 0.1) is 7.11 Å². The molecule has 2 aliphatic carbocycles. The zero-order chi connectivity index (χ0) is 13.9. The highest BCUT2D eigenvalue weighted by Crippen LogP contribution is 2.44. The van der Waals surface area contributed by atoms with E-state index in [1.54, 1.807) is 7.11 Å². The summed E-state index contributed by atoms with van der Waals surface area (Å²) in [6, 6.07) is 9.62. The molecule has 110 valence electrons. The van der Waals surface area contributed by atoms with Crippen molar-refractivity contribution in [3.63, 3.8) is 0 Å². The average molecular weight is 273 g/mol. The largest absolute Gasteiger partial charge is 0.497 e. The minimum absolute atomic E-state index is 0.434. The molecule has 0 amide bonds. The second-order valence-electron chi connectivity index (χ2n) is 6.62. The molecule has 2 aliphatic rings. The minimum Gasteiger partial charge on any atom is -0.497 e. The van der Waals surface area contributed by atoms with Gasteiger partial charge in [-0.1, -0.05) is 25.0 Å². The Hall–Kier alpha value is -1.02. The molecule has 0 radical (unpaired) electrons. The van der Waals surface area contributed by atoms with Gasteiger partial charge in [0.1, 0.15) is 5.75 Å². The van der Waals surface area contributed by atoms with Gasteiger partial charge in [-0.3, -0.25) is 0 Å². The summed E-state index contributed by atoms with van der Waals surface area (Å²) in [5.74, 6) is 3.01. The van der Waals surface area contributed by atoms with Crippen molar-refractivity contribution in [2.75, 3.05) is 7.11 Å². The van der Waals surface area contributed by atoms with E-state index in [-0.39, 0.29) is 0 Å². The standard InChI is InChI=1S/C18H27NO/c1-13(14-8-10-18(20-2)11-9-14)19-17-5-3-4-16(12-17)15-6-7-15/h8-11,13,15-17,19H,3-7,12H2,1-2H3. The van der Waals surface area contributed by atoms with Gasteiger partial charge >= 0.3 is 0 Å². The maximum atomic E-state index is 5.23. The maximum Gasteiger partial charge on any atom is 0.118 e. The molecule has 1 aromatic rings. The normalized spacial score (nSPS) is 28.1. The number of hydrogen-bond acceptors (Lipinski definition) is 2. The smallest absolute Gasteiger partial charge is 0.118 e. The lowest BCUT2D eigenvalue weighted by molar-refractivity contribution is 0.249. The third-order valence-corrected chi connectivity index (χ3v) is 5.10. The Morgan fingerprint density at radius 1 is 1.05 bits per heavy atom. The van der Waals surface area contributed by atoms with Crippen molar-refractivity contribution in [1.29, 1.82) is 0 Å². The van der Waals surface area contributed by atoms with Crippen LogP contribution in [-0.4, -0.2) is 13.2 Å². The van der Waals surface area contributed by atoms with Crippen LogP contribution < -0.4 is 10.1 Å². The van der Waals surface area contributed by atoms with E-state index >= 15 is 0 Å². The number of hydrogen-bond donors (Lipinski definition) is 1. The van der Waals surface area contributed by atoms with Gasteiger partial charge in [0.25, 0.3) is 0 Å². The second-order valence-corrected chi connectivity index (χ2v) is 6.62. The van der Waals surface area contributed by atoms with Crippen LogP contribution in [0, 0.1) is 11.8 Å². The van der Waals surface area contributed by atoms with Gasteiger partial charge in [-0.05, 0) is 62.1 Å². The molecule has 0 spiro atoms.